The lowest BCUT2D eigenvalue weighted by atomic mass is 10.2. The molecule has 2 rings (SSSR count). The van der Waals surface area contributed by atoms with Crippen molar-refractivity contribution in [2.24, 2.45) is 0 Å². The van der Waals surface area contributed by atoms with Crippen LogP contribution in [0.4, 0.5) is 0 Å². The molecule has 0 radical (unpaired) electrons. The quantitative estimate of drug-likeness (QED) is 0.840. The number of aromatic nitrogens is 2. The van der Waals surface area contributed by atoms with Crippen molar-refractivity contribution in [2.45, 2.75) is 33.7 Å². The Balaban J connectivity index is 2.38. The van der Waals surface area contributed by atoms with E-state index in [9.17, 15) is 9.59 Å². The molecule has 0 N–H and O–H groups in total. The molecule has 0 fully saturated rings. The van der Waals surface area contributed by atoms with Gasteiger partial charge in [0.1, 0.15) is 5.56 Å². The molecule has 0 bridgehead atoms. The number of amides is 1. The van der Waals surface area contributed by atoms with Crippen LogP contribution in [0.15, 0.2) is 11.0 Å². The van der Waals surface area contributed by atoms with E-state index in [4.69, 9.17) is 0 Å². The van der Waals surface area contributed by atoms with Crippen molar-refractivity contribution in [3.8, 4) is 0 Å². The molecule has 120 valence electrons. The van der Waals surface area contributed by atoms with E-state index in [0.717, 1.165) is 22.1 Å². The number of thioether (sulfide) groups is 1. The van der Waals surface area contributed by atoms with Crippen LogP contribution in [0.3, 0.4) is 0 Å². The van der Waals surface area contributed by atoms with Crippen molar-refractivity contribution in [3.63, 3.8) is 0 Å². The summed E-state index contributed by atoms with van der Waals surface area (Å²) in [6.45, 7) is 7.90. The Kier molecular flexibility index (Phi) is 5.28. The minimum Gasteiger partial charge on any atom is -0.338 e. The summed E-state index contributed by atoms with van der Waals surface area (Å²) in [4.78, 5) is 32.8. The smallest absolute Gasteiger partial charge is 0.271 e. The molecule has 0 aromatic carbocycles. The second-order valence-electron chi connectivity index (χ2n) is 5.26. The van der Waals surface area contributed by atoms with E-state index in [1.165, 1.54) is 21.9 Å². The molecule has 0 saturated carbocycles. The van der Waals surface area contributed by atoms with Crippen molar-refractivity contribution >= 4 is 34.0 Å². The van der Waals surface area contributed by atoms with E-state index in [1.807, 2.05) is 20.8 Å². The molecule has 0 aliphatic carbocycles. The average Bonchev–Trinajstić information content (AvgIpc) is 2.79. The van der Waals surface area contributed by atoms with Gasteiger partial charge in [0.2, 0.25) is 0 Å². The Morgan fingerprint density at radius 2 is 2.18 bits per heavy atom. The van der Waals surface area contributed by atoms with E-state index in [0.29, 0.717) is 4.96 Å². The lowest BCUT2D eigenvalue weighted by molar-refractivity contribution is 0.0755. The van der Waals surface area contributed by atoms with Gasteiger partial charge in [-0.3, -0.25) is 14.0 Å². The summed E-state index contributed by atoms with van der Waals surface area (Å²) in [5.41, 5.74) is 0.706. The van der Waals surface area contributed by atoms with E-state index in [1.54, 1.807) is 23.7 Å². The summed E-state index contributed by atoms with van der Waals surface area (Å²) in [6, 6.07) is 0.0721. The van der Waals surface area contributed by atoms with Gasteiger partial charge in [0.25, 0.3) is 11.5 Å². The summed E-state index contributed by atoms with van der Waals surface area (Å²) in [5, 5.41) is 0. The Bertz CT molecular complexity index is 751. The first-order valence-corrected chi connectivity index (χ1v) is 9.18. The van der Waals surface area contributed by atoms with Gasteiger partial charge in [-0.05, 0) is 26.5 Å². The van der Waals surface area contributed by atoms with Gasteiger partial charge in [-0.15, -0.1) is 11.3 Å². The highest BCUT2D eigenvalue weighted by atomic mass is 32.2. The number of rotatable bonds is 5. The molecule has 1 atom stereocenters. The summed E-state index contributed by atoms with van der Waals surface area (Å²) < 4.78 is 1.53. The lowest BCUT2D eigenvalue weighted by Gasteiger charge is -2.24. The first-order chi connectivity index (χ1) is 10.4. The summed E-state index contributed by atoms with van der Waals surface area (Å²) >= 11 is 3.24. The fourth-order valence-corrected chi connectivity index (χ4v) is 3.84. The molecule has 2 aromatic heterocycles. The van der Waals surface area contributed by atoms with Gasteiger partial charge in [-0.25, -0.2) is 4.98 Å². The third-order valence-corrected chi connectivity index (χ3v) is 5.99. The Hall–Kier alpha value is -1.34. The zero-order chi connectivity index (χ0) is 16.4. The normalized spacial score (nSPS) is 12.6. The fourth-order valence-electron chi connectivity index (χ4n) is 2.11. The van der Waals surface area contributed by atoms with Crippen molar-refractivity contribution in [2.75, 3.05) is 18.6 Å². The van der Waals surface area contributed by atoms with Crippen molar-refractivity contribution in [1.29, 1.82) is 0 Å². The van der Waals surface area contributed by atoms with Gasteiger partial charge in [0.15, 0.2) is 4.96 Å². The predicted molar refractivity (Wildman–Crippen MR) is 93.4 cm³/mol. The highest BCUT2D eigenvalue weighted by Crippen LogP contribution is 2.18. The Labute approximate surface area is 138 Å². The predicted octanol–water partition coefficient (Wildman–Crippen LogP) is 2.59. The molecule has 2 heterocycles. The largest absolute Gasteiger partial charge is 0.338 e. The van der Waals surface area contributed by atoms with Gasteiger partial charge in [-0.2, -0.15) is 11.8 Å². The number of thiazole rings is 1. The van der Waals surface area contributed by atoms with E-state index in [-0.39, 0.29) is 23.1 Å². The van der Waals surface area contributed by atoms with Crippen molar-refractivity contribution in [1.82, 2.24) is 14.3 Å². The van der Waals surface area contributed by atoms with Crippen molar-refractivity contribution < 1.29 is 4.79 Å². The number of carbonyl (C=O) groups is 1. The first-order valence-electron chi connectivity index (χ1n) is 7.21. The molecule has 0 aliphatic heterocycles. The molecular formula is C15H21N3O2S2. The summed E-state index contributed by atoms with van der Waals surface area (Å²) in [5.74, 6) is 1.60. The van der Waals surface area contributed by atoms with Crippen LogP contribution in [0, 0.1) is 13.8 Å². The lowest BCUT2D eigenvalue weighted by Crippen LogP contribution is -2.40. The molecule has 0 spiro atoms. The number of aryl methyl sites for hydroxylation is 2. The standard InChI is InChI=1S/C15H21N3O2S2/c1-6-21-8-9(2)17(5)13(19)12-7-16-15-18(14(12)20)10(3)11(4)22-15/h7,9H,6,8H2,1-5H3/t9-/m1/s1. The van der Waals surface area contributed by atoms with Crippen LogP contribution in [-0.4, -0.2) is 44.8 Å². The number of hydrogen-bond donors (Lipinski definition) is 0. The maximum Gasteiger partial charge on any atom is 0.271 e. The third kappa shape index (κ3) is 3.05. The van der Waals surface area contributed by atoms with Gasteiger partial charge in [0, 0.05) is 35.6 Å². The van der Waals surface area contributed by atoms with Gasteiger partial charge >= 0.3 is 0 Å². The maximum atomic E-state index is 12.6. The number of fused-ring (bicyclic) bond motifs is 1. The third-order valence-electron chi connectivity index (χ3n) is 3.79. The van der Waals surface area contributed by atoms with Crippen LogP contribution in [-0.2, 0) is 0 Å². The number of carbonyl (C=O) groups excluding carboxylic acids is 1. The van der Waals surface area contributed by atoms with E-state index >= 15 is 0 Å². The maximum absolute atomic E-state index is 12.6. The second-order valence-corrected chi connectivity index (χ2v) is 7.76. The van der Waals surface area contributed by atoms with Crippen LogP contribution in [0.5, 0.6) is 0 Å². The van der Waals surface area contributed by atoms with E-state index < -0.39 is 0 Å². The molecule has 0 aliphatic rings. The first kappa shape index (κ1) is 17.0. The van der Waals surface area contributed by atoms with Crippen molar-refractivity contribution in [3.05, 3.63) is 32.7 Å². The molecule has 5 nitrogen and oxygen atoms in total. The van der Waals surface area contributed by atoms with Crippen LogP contribution < -0.4 is 5.56 Å². The van der Waals surface area contributed by atoms with Gasteiger partial charge in [-0.1, -0.05) is 6.92 Å². The minimum absolute atomic E-state index is 0.0721. The van der Waals surface area contributed by atoms with Gasteiger partial charge < -0.3 is 4.90 Å². The highest BCUT2D eigenvalue weighted by molar-refractivity contribution is 7.99. The summed E-state index contributed by atoms with van der Waals surface area (Å²) in [7, 11) is 1.74. The van der Waals surface area contributed by atoms with Crippen LogP contribution >= 0.6 is 23.1 Å². The van der Waals surface area contributed by atoms with Crippen LogP contribution in [0.25, 0.3) is 4.96 Å². The monoisotopic (exact) mass is 339 g/mol. The van der Waals surface area contributed by atoms with Gasteiger partial charge in [0.05, 0.1) is 0 Å². The number of hydrogen-bond acceptors (Lipinski definition) is 5. The minimum atomic E-state index is -0.279. The van der Waals surface area contributed by atoms with E-state index in [2.05, 4.69) is 11.9 Å². The topological polar surface area (TPSA) is 54.7 Å². The molecular weight excluding hydrogens is 318 g/mol. The van der Waals surface area contributed by atoms with Crippen LogP contribution in [0.2, 0.25) is 0 Å². The molecule has 0 saturated heterocycles. The number of nitrogens with zero attached hydrogens (tertiary/aromatic N) is 3. The molecule has 2 aromatic rings. The molecule has 22 heavy (non-hydrogen) atoms. The average molecular weight is 339 g/mol. The molecule has 7 heteroatoms. The second kappa shape index (κ2) is 6.83. The SMILES string of the molecule is CCSC[C@@H](C)N(C)C(=O)c1cnc2sc(C)c(C)n2c1=O. The fraction of sp³-hybridized carbons (Fsp3) is 0.533. The Morgan fingerprint density at radius 3 is 2.82 bits per heavy atom. The Morgan fingerprint density at radius 1 is 1.50 bits per heavy atom. The van der Waals surface area contributed by atoms with Crippen LogP contribution in [0.1, 0.15) is 34.8 Å². The summed E-state index contributed by atoms with van der Waals surface area (Å²) in [6.07, 6.45) is 1.41. The highest BCUT2D eigenvalue weighted by Gasteiger charge is 2.22. The molecule has 1 amide bonds. The zero-order valence-corrected chi connectivity index (χ0v) is 15.2. The molecule has 0 unspecified atom stereocenters. The zero-order valence-electron chi connectivity index (χ0n) is 13.5.